The minimum absolute atomic E-state index is 0.114. The van der Waals surface area contributed by atoms with Crippen LogP contribution in [-0.4, -0.2) is 17.2 Å². The van der Waals surface area contributed by atoms with Gasteiger partial charge in [-0.15, -0.1) is 0 Å². The molecule has 0 bridgehead atoms. The molecule has 5 heteroatoms. The van der Waals surface area contributed by atoms with Crippen molar-refractivity contribution in [2.45, 2.75) is 19.4 Å². The molecule has 4 nitrogen and oxygen atoms in total. The van der Waals surface area contributed by atoms with Gasteiger partial charge < -0.3 is 9.84 Å². The topological polar surface area (TPSA) is 51.0 Å². The maximum absolute atomic E-state index is 5.26. The van der Waals surface area contributed by atoms with Crippen LogP contribution in [0.4, 0.5) is 0 Å². The Morgan fingerprint density at radius 1 is 1.47 bits per heavy atom. The molecular weight excluding hydrogens is 282 g/mol. The summed E-state index contributed by atoms with van der Waals surface area (Å²) >= 11 is 3.42. The molecule has 0 amide bonds. The summed E-state index contributed by atoms with van der Waals surface area (Å²) in [5.41, 5.74) is 0.945. The monoisotopic (exact) mass is 295 g/mol. The quantitative estimate of drug-likeness (QED) is 0.941. The van der Waals surface area contributed by atoms with Crippen LogP contribution < -0.4 is 5.32 Å². The second-order valence-electron chi connectivity index (χ2n) is 3.72. The molecule has 1 aromatic heterocycles. The standard InChI is InChI=1S/C12H14BrN3O/c1-3-10(14-2)12-15-11(16-17-12)8-5-4-6-9(13)7-8/h4-7,10,14H,3H2,1-2H3. The molecule has 1 N–H and O–H groups in total. The van der Waals surface area contributed by atoms with Crippen LogP contribution in [0, 0.1) is 0 Å². The summed E-state index contributed by atoms with van der Waals surface area (Å²) in [6.07, 6.45) is 0.913. The highest BCUT2D eigenvalue weighted by Crippen LogP contribution is 2.22. The van der Waals surface area contributed by atoms with Gasteiger partial charge in [0.25, 0.3) is 0 Å². The summed E-state index contributed by atoms with van der Waals surface area (Å²) in [7, 11) is 1.89. The van der Waals surface area contributed by atoms with E-state index < -0.39 is 0 Å². The molecule has 0 radical (unpaired) electrons. The molecule has 1 aromatic carbocycles. The molecule has 0 saturated heterocycles. The van der Waals surface area contributed by atoms with Crippen molar-refractivity contribution in [3.63, 3.8) is 0 Å². The van der Waals surface area contributed by atoms with E-state index in [4.69, 9.17) is 4.52 Å². The summed E-state index contributed by atoms with van der Waals surface area (Å²) in [6.45, 7) is 2.07. The van der Waals surface area contributed by atoms with Gasteiger partial charge in [0.05, 0.1) is 6.04 Å². The lowest BCUT2D eigenvalue weighted by molar-refractivity contribution is 0.334. The Balaban J connectivity index is 2.29. The molecule has 2 rings (SSSR count). The van der Waals surface area contributed by atoms with Gasteiger partial charge in [0.1, 0.15) is 0 Å². The van der Waals surface area contributed by atoms with Gasteiger partial charge in [0.15, 0.2) is 0 Å². The zero-order valence-electron chi connectivity index (χ0n) is 9.77. The van der Waals surface area contributed by atoms with Crippen LogP contribution in [0.3, 0.4) is 0 Å². The van der Waals surface area contributed by atoms with E-state index in [0.717, 1.165) is 16.5 Å². The fraction of sp³-hybridized carbons (Fsp3) is 0.333. The maximum Gasteiger partial charge on any atom is 0.244 e. The van der Waals surface area contributed by atoms with E-state index in [0.29, 0.717) is 11.7 Å². The van der Waals surface area contributed by atoms with Gasteiger partial charge in [-0.1, -0.05) is 40.1 Å². The molecule has 2 aromatic rings. The van der Waals surface area contributed by atoms with Crippen LogP contribution in [0.15, 0.2) is 33.3 Å². The maximum atomic E-state index is 5.26. The third kappa shape index (κ3) is 2.73. The van der Waals surface area contributed by atoms with Crippen molar-refractivity contribution in [2.24, 2.45) is 0 Å². The van der Waals surface area contributed by atoms with Gasteiger partial charge >= 0.3 is 0 Å². The second-order valence-corrected chi connectivity index (χ2v) is 4.63. The Morgan fingerprint density at radius 3 is 2.94 bits per heavy atom. The lowest BCUT2D eigenvalue weighted by atomic mass is 10.2. The summed E-state index contributed by atoms with van der Waals surface area (Å²) in [6, 6.07) is 7.95. The minimum Gasteiger partial charge on any atom is -0.337 e. The van der Waals surface area contributed by atoms with E-state index >= 15 is 0 Å². The Morgan fingerprint density at radius 2 is 2.29 bits per heavy atom. The average molecular weight is 296 g/mol. The van der Waals surface area contributed by atoms with Gasteiger partial charge in [0, 0.05) is 10.0 Å². The van der Waals surface area contributed by atoms with Gasteiger partial charge in [-0.2, -0.15) is 4.98 Å². The zero-order valence-corrected chi connectivity index (χ0v) is 11.4. The molecular formula is C12H14BrN3O. The highest BCUT2D eigenvalue weighted by Gasteiger charge is 2.15. The Kier molecular flexibility index (Phi) is 3.91. The molecule has 90 valence electrons. The van der Waals surface area contributed by atoms with Crippen LogP contribution in [0.2, 0.25) is 0 Å². The molecule has 1 unspecified atom stereocenters. The zero-order chi connectivity index (χ0) is 12.3. The SMILES string of the molecule is CCC(NC)c1nc(-c2cccc(Br)c2)no1. The molecule has 0 aliphatic rings. The normalized spacial score (nSPS) is 12.6. The van der Waals surface area contributed by atoms with Crippen molar-refractivity contribution in [3.8, 4) is 11.4 Å². The molecule has 0 fully saturated rings. The summed E-state index contributed by atoms with van der Waals surface area (Å²) in [5, 5.41) is 7.14. The molecule has 1 heterocycles. The van der Waals surface area contributed by atoms with E-state index in [1.54, 1.807) is 0 Å². The largest absolute Gasteiger partial charge is 0.337 e. The average Bonchev–Trinajstić information content (AvgIpc) is 2.80. The highest BCUT2D eigenvalue weighted by molar-refractivity contribution is 9.10. The number of nitrogens with one attached hydrogen (secondary N) is 1. The minimum atomic E-state index is 0.114. The van der Waals surface area contributed by atoms with Crippen LogP contribution in [0.1, 0.15) is 25.3 Å². The van der Waals surface area contributed by atoms with Crippen molar-refractivity contribution in [1.82, 2.24) is 15.5 Å². The number of hydrogen-bond acceptors (Lipinski definition) is 4. The van der Waals surface area contributed by atoms with Gasteiger partial charge in [-0.25, -0.2) is 0 Å². The predicted molar refractivity (Wildman–Crippen MR) is 69.5 cm³/mol. The fourth-order valence-electron chi connectivity index (χ4n) is 1.62. The van der Waals surface area contributed by atoms with E-state index in [1.165, 1.54) is 0 Å². The van der Waals surface area contributed by atoms with Crippen molar-refractivity contribution in [2.75, 3.05) is 7.05 Å². The predicted octanol–water partition coefficient (Wildman–Crippen LogP) is 3.17. The number of halogens is 1. The van der Waals surface area contributed by atoms with Crippen LogP contribution in [0.5, 0.6) is 0 Å². The molecule has 1 atom stereocenters. The highest BCUT2D eigenvalue weighted by atomic mass is 79.9. The smallest absolute Gasteiger partial charge is 0.244 e. The van der Waals surface area contributed by atoms with Crippen molar-refractivity contribution in [3.05, 3.63) is 34.6 Å². The van der Waals surface area contributed by atoms with E-state index in [2.05, 4.69) is 38.3 Å². The van der Waals surface area contributed by atoms with E-state index in [9.17, 15) is 0 Å². The molecule has 0 aliphatic heterocycles. The summed E-state index contributed by atoms with van der Waals surface area (Å²) in [4.78, 5) is 4.40. The lowest BCUT2D eigenvalue weighted by Gasteiger charge is -2.06. The van der Waals surface area contributed by atoms with E-state index in [-0.39, 0.29) is 6.04 Å². The summed E-state index contributed by atoms with van der Waals surface area (Å²) < 4.78 is 6.27. The third-order valence-electron chi connectivity index (χ3n) is 2.58. The first-order valence-corrected chi connectivity index (χ1v) is 6.30. The number of nitrogens with zero attached hydrogens (tertiary/aromatic N) is 2. The first-order chi connectivity index (χ1) is 8.24. The molecule has 0 saturated carbocycles. The molecule has 0 aliphatic carbocycles. The van der Waals surface area contributed by atoms with Crippen molar-refractivity contribution in [1.29, 1.82) is 0 Å². The lowest BCUT2D eigenvalue weighted by Crippen LogP contribution is -2.15. The van der Waals surface area contributed by atoms with Gasteiger partial charge in [-0.3, -0.25) is 0 Å². The summed E-state index contributed by atoms with van der Waals surface area (Å²) in [5.74, 6) is 1.25. The van der Waals surface area contributed by atoms with Gasteiger partial charge in [-0.05, 0) is 25.6 Å². The Labute approximate surface area is 109 Å². The van der Waals surface area contributed by atoms with Crippen LogP contribution in [0.25, 0.3) is 11.4 Å². The van der Waals surface area contributed by atoms with Crippen molar-refractivity contribution >= 4 is 15.9 Å². The van der Waals surface area contributed by atoms with Crippen LogP contribution in [-0.2, 0) is 0 Å². The second kappa shape index (κ2) is 5.42. The number of aromatic nitrogens is 2. The van der Waals surface area contributed by atoms with Crippen LogP contribution >= 0.6 is 15.9 Å². The number of rotatable bonds is 4. The number of benzene rings is 1. The molecule has 0 spiro atoms. The van der Waals surface area contributed by atoms with E-state index in [1.807, 2.05) is 31.3 Å². The van der Waals surface area contributed by atoms with Gasteiger partial charge in [0.2, 0.25) is 11.7 Å². The number of hydrogen-bond donors (Lipinski definition) is 1. The Hall–Kier alpha value is -1.20. The Bertz CT molecular complexity index is 494. The first kappa shape index (κ1) is 12.3. The third-order valence-corrected chi connectivity index (χ3v) is 3.07. The fourth-order valence-corrected chi connectivity index (χ4v) is 2.02. The molecule has 17 heavy (non-hydrogen) atoms. The first-order valence-electron chi connectivity index (χ1n) is 5.51. The van der Waals surface area contributed by atoms with Crippen molar-refractivity contribution < 1.29 is 4.52 Å².